The summed E-state index contributed by atoms with van der Waals surface area (Å²) >= 11 is 0. The molecule has 0 aromatic heterocycles. The number of hydrogen-bond donors (Lipinski definition) is 1. The summed E-state index contributed by atoms with van der Waals surface area (Å²) in [6.07, 6.45) is -1.21. The number of aliphatic hydroxyl groups excluding tert-OH is 1. The summed E-state index contributed by atoms with van der Waals surface area (Å²) in [6, 6.07) is 9.07. The first-order valence-corrected chi connectivity index (χ1v) is 6.39. The summed E-state index contributed by atoms with van der Waals surface area (Å²) in [7, 11) is 2.85. The van der Waals surface area contributed by atoms with Crippen LogP contribution in [-0.2, 0) is 6.42 Å². The lowest BCUT2D eigenvalue weighted by Gasteiger charge is -2.14. The third-order valence-corrected chi connectivity index (χ3v) is 3.18. The van der Waals surface area contributed by atoms with E-state index in [1.807, 2.05) is 0 Å². The Hall–Kier alpha value is -2.14. The summed E-state index contributed by atoms with van der Waals surface area (Å²) in [5, 5.41) is 10.1. The molecule has 1 unspecified atom stereocenters. The molecule has 0 aliphatic heterocycles. The molecule has 0 heterocycles. The number of hydrogen-bond acceptors (Lipinski definition) is 3. The molecule has 0 saturated heterocycles. The van der Waals surface area contributed by atoms with Crippen molar-refractivity contribution in [3.05, 3.63) is 59.2 Å². The molecule has 0 amide bonds. The Labute approximate surface area is 121 Å². The molecule has 2 rings (SSSR count). The van der Waals surface area contributed by atoms with Crippen molar-refractivity contribution in [3.63, 3.8) is 0 Å². The van der Waals surface area contributed by atoms with Crippen molar-refractivity contribution in [2.75, 3.05) is 14.2 Å². The average molecular weight is 294 g/mol. The minimum Gasteiger partial charge on any atom is -0.497 e. The second-order valence-corrected chi connectivity index (χ2v) is 4.58. The smallest absolute Gasteiger partial charge is 0.135 e. The Bertz CT molecular complexity index is 606. The molecular formula is C16H16F2O3. The molecule has 0 fully saturated rings. The van der Waals surface area contributed by atoms with E-state index in [0.717, 1.165) is 17.7 Å². The predicted molar refractivity (Wildman–Crippen MR) is 74.6 cm³/mol. The zero-order valence-corrected chi connectivity index (χ0v) is 11.8. The number of rotatable bonds is 5. The molecule has 3 nitrogen and oxygen atoms in total. The van der Waals surface area contributed by atoms with E-state index in [4.69, 9.17) is 9.47 Å². The lowest BCUT2D eigenvalue weighted by Crippen LogP contribution is -2.08. The summed E-state index contributed by atoms with van der Waals surface area (Å²) in [5.41, 5.74) is 0.357. The lowest BCUT2D eigenvalue weighted by molar-refractivity contribution is 0.168. The number of benzene rings is 2. The van der Waals surface area contributed by atoms with Gasteiger partial charge in [0.05, 0.1) is 25.9 Å². The van der Waals surface area contributed by atoms with Crippen LogP contribution in [0.5, 0.6) is 11.5 Å². The van der Waals surface area contributed by atoms with E-state index in [1.165, 1.54) is 14.2 Å². The van der Waals surface area contributed by atoms with Crippen molar-refractivity contribution in [2.45, 2.75) is 12.5 Å². The van der Waals surface area contributed by atoms with Gasteiger partial charge in [0, 0.05) is 18.6 Å². The van der Waals surface area contributed by atoms with Gasteiger partial charge >= 0.3 is 0 Å². The van der Waals surface area contributed by atoms with Crippen molar-refractivity contribution in [3.8, 4) is 11.5 Å². The van der Waals surface area contributed by atoms with Crippen LogP contribution in [0.1, 0.15) is 17.2 Å². The maximum Gasteiger partial charge on any atom is 0.135 e. The van der Waals surface area contributed by atoms with E-state index in [-0.39, 0.29) is 17.7 Å². The van der Waals surface area contributed by atoms with Crippen LogP contribution < -0.4 is 9.47 Å². The van der Waals surface area contributed by atoms with Gasteiger partial charge in [0.25, 0.3) is 0 Å². The van der Waals surface area contributed by atoms with Gasteiger partial charge in [-0.25, -0.2) is 8.78 Å². The molecule has 5 heteroatoms. The highest BCUT2D eigenvalue weighted by Gasteiger charge is 2.20. The van der Waals surface area contributed by atoms with Crippen molar-refractivity contribution in [2.24, 2.45) is 0 Å². The van der Waals surface area contributed by atoms with E-state index >= 15 is 0 Å². The van der Waals surface area contributed by atoms with Gasteiger partial charge in [-0.2, -0.15) is 0 Å². The standard InChI is InChI=1S/C16H16F2O3/c1-20-11-5-3-4-10(6-11)7-15(19)16-13(17)8-12(21-2)9-14(16)18/h3-6,8-9,15,19H,7H2,1-2H3. The molecule has 0 bridgehead atoms. The SMILES string of the molecule is COc1cccc(CC(O)c2c(F)cc(OC)cc2F)c1. The van der Waals surface area contributed by atoms with Gasteiger partial charge in [0.15, 0.2) is 0 Å². The van der Waals surface area contributed by atoms with E-state index in [1.54, 1.807) is 24.3 Å². The highest BCUT2D eigenvalue weighted by Crippen LogP contribution is 2.28. The Kier molecular flexibility index (Phi) is 4.75. The number of halogens is 2. The van der Waals surface area contributed by atoms with Crippen LogP contribution in [0.15, 0.2) is 36.4 Å². The maximum absolute atomic E-state index is 13.9. The van der Waals surface area contributed by atoms with Crippen LogP contribution in [0.2, 0.25) is 0 Å². The third kappa shape index (κ3) is 3.49. The number of ether oxygens (including phenoxy) is 2. The fraction of sp³-hybridized carbons (Fsp3) is 0.250. The molecule has 2 aromatic carbocycles. The predicted octanol–water partition coefficient (Wildman–Crippen LogP) is 3.26. The summed E-state index contributed by atoms with van der Waals surface area (Å²) < 4.78 is 37.6. The highest BCUT2D eigenvalue weighted by atomic mass is 19.1. The second kappa shape index (κ2) is 6.54. The normalized spacial score (nSPS) is 12.0. The van der Waals surface area contributed by atoms with Crippen molar-refractivity contribution in [1.29, 1.82) is 0 Å². The molecule has 112 valence electrons. The van der Waals surface area contributed by atoms with Gasteiger partial charge in [0.2, 0.25) is 0 Å². The molecule has 0 aliphatic rings. The molecule has 2 aromatic rings. The molecule has 0 spiro atoms. The van der Waals surface area contributed by atoms with E-state index < -0.39 is 17.7 Å². The zero-order chi connectivity index (χ0) is 15.4. The first-order valence-electron chi connectivity index (χ1n) is 6.39. The average Bonchev–Trinajstić information content (AvgIpc) is 2.46. The Morgan fingerprint density at radius 1 is 1.00 bits per heavy atom. The lowest BCUT2D eigenvalue weighted by atomic mass is 10.00. The van der Waals surface area contributed by atoms with Gasteiger partial charge in [-0.05, 0) is 17.7 Å². The maximum atomic E-state index is 13.9. The Morgan fingerprint density at radius 2 is 1.62 bits per heavy atom. The minimum atomic E-state index is -1.29. The Morgan fingerprint density at radius 3 is 2.19 bits per heavy atom. The number of aliphatic hydroxyl groups is 1. The second-order valence-electron chi connectivity index (χ2n) is 4.58. The van der Waals surface area contributed by atoms with E-state index in [9.17, 15) is 13.9 Å². The van der Waals surface area contributed by atoms with Gasteiger partial charge in [-0.15, -0.1) is 0 Å². The largest absolute Gasteiger partial charge is 0.497 e. The molecule has 0 radical (unpaired) electrons. The molecule has 1 atom stereocenters. The first kappa shape index (κ1) is 15.3. The van der Waals surface area contributed by atoms with Crippen LogP contribution >= 0.6 is 0 Å². The van der Waals surface area contributed by atoms with E-state index in [2.05, 4.69) is 0 Å². The van der Waals surface area contributed by atoms with Crippen LogP contribution in [0.3, 0.4) is 0 Å². The molecule has 0 saturated carbocycles. The molecular weight excluding hydrogens is 278 g/mol. The van der Waals surface area contributed by atoms with Gasteiger partial charge in [-0.3, -0.25) is 0 Å². The molecule has 0 aliphatic carbocycles. The van der Waals surface area contributed by atoms with Crippen LogP contribution in [0.25, 0.3) is 0 Å². The van der Waals surface area contributed by atoms with Gasteiger partial charge in [0.1, 0.15) is 23.1 Å². The fourth-order valence-corrected chi connectivity index (χ4v) is 2.12. The fourth-order valence-electron chi connectivity index (χ4n) is 2.12. The zero-order valence-electron chi connectivity index (χ0n) is 11.8. The van der Waals surface area contributed by atoms with Gasteiger partial charge in [-0.1, -0.05) is 12.1 Å². The van der Waals surface area contributed by atoms with Crippen LogP contribution in [0.4, 0.5) is 8.78 Å². The molecule has 21 heavy (non-hydrogen) atoms. The van der Waals surface area contributed by atoms with Crippen LogP contribution in [0, 0.1) is 11.6 Å². The van der Waals surface area contributed by atoms with Crippen molar-refractivity contribution in [1.82, 2.24) is 0 Å². The summed E-state index contributed by atoms with van der Waals surface area (Å²) in [4.78, 5) is 0. The number of methoxy groups -OCH3 is 2. The Balaban J connectivity index is 2.25. The van der Waals surface area contributed by atoms with Crippen molar-refractivity contribution >= 4 is 0 Å². The van der Waals surface area contributed by atoms with Crippen molar-refractivity contribution < 1.29 is 23.4 Å². The monoisotopic (exact) mass is 294 g/mol. The van der Waals surface area contributed by atoms with E-state index in [0.29, 0.717) is 5.75 Å². The first-order chi connectivity index (χ1) is 10.0. The molecule has 1 N–H and O–H groups in total. The minimum absolute atomic E-state index is 0.0716. The quantitative estimate of drug-likeness (QED) is 0.920. The summed E-state index contributed by atoms with van der Waals surface area (Å²) in [5.74, 6) is -0.970. The topological polar surface area (TPSA) is 38.7 Å². The highest BCUT2D eigenvalue weighted by molar-refractivity contribution is 5.34. The third-order valence-electron chi connectivity index (χ3n) is 3.18. The summed E-state index contributed by atoms with van der Waals surface area (Å²) in [6.45, 7) is 0. The van der Waals surface area contributed by atoms with Gasteiger partial charge < -0.3 is 14.6 Å². The van der Waals surface area contributed by atoms with Crippen LogP contribution in [-0.4, -0.2) is 19.3 Å².